The van der Waals surface area contributed by atoms with E-state index in [2.05, 4.69) is 17.0 Å². The fourth-order valence-electron chi connectivity index (χ4n) is 3.45. The van der Waals surface area contributed by atoms with E-state index in [4.69, 9.17) is 4.11 Å². The summed E-state index contributed by atoms with van der Waals surface area (Å²) in [5.74, 6) is 0.291. The van der Waals surface area contributed by atoms with Crippen molar-refractivity contribution in [3.63, 3.8) is 0 Å². The van der Waals surface area contributed by atoms with Crippen LogP contribution in [0.15, 0.2) is 30.3 Å². The highest BCUT2D eigenvalue weighted by Crippen LogP contribution is 2.64. The number of fused-ring (bicyclic) bond motifs is 1. The maximum atomic E-state index is 9.68. The quantitative estimate of drug-likeness (QED) is 0.866. The lowest BCUT2D eigenvalue weighted by Crippen LogP contribution is -2.38. The molecule has 2 nitrogen and oxygen atoms in total. The fourth-order valence-corrected chi connectivity index (χ4v) is 3.45. The van der Waals surface area contributed by atoms with E-state index in [1.807, 2.05) is 25.1 Å². The second kappa shape index (κ2) is 3.82. The first-order valence-corrected chi connectivity index (χ1v) is 6.28. The molecule has 1 heterocycles. The molecule has 0 radical (unpaired) electrons. The van der Waals surface area contributed by atoms with Crippen molar-refractivity contribution in [2.75, 3.05) is 13.2 Å². The van der Waals surface area contributed by atoms with Crippen molar-refractivity contribution in [2.45, 2.75) is 26.4 Å². The molecule has 3 rings (SSSR count). The summed E-state index contributed by atoms with van der Waals surface area (Å²) >= 11 is 0. The number of nitrogens with zero attached hydrogens (tertiary/aromatic N) is 1. The Labute approximate surface area is 107 Å². The Morgan fingerprint density at radius 2 is 2.24 bits per heavy atom. The largest absolute Gasteiger partial charge is 0.395 e. The summed E-state index contributed by atoms with van der Waals surface area (Å²) in [4.78, 5) is 2.23. The Morgan fingerprint density at radius 3 is 2.88 bits per heavy atom. The van der Waals surface area contributed by atoms with Crippen LogP contribution < -0.4 is 0 Å². The minimum absolute atomic E-state index is 0.0226. The van der Waals surface area contributed by atoms with Crippen LogP contribution in [0.3, 0.4) is 0 Å². The molecule has 0 bridgehead atoms. The normalized spacial score (nSPS) is 43.6. The van der Waals surface area contributed by atoms with Crippen molar-refractivity contribution >= 4 is 0 Å². The van der Waals surface area contributed by atoms with Crippen molar-refractivity contribution < 1.29 is 9.22 Å². The molecule has 1 aliphatic carbocycles. The Kier molecular flexibility index (Phi) is 1.86. The van der Waals surface area contributed by atoms with Gasteiger partial charge in [-0.1, -0.05) is 44.1 Å². The summed E-state index contributed by atoms with van der Waals surface area (Å²) in [6.07, 6.45) is 0. The molecule has 92 valence electrons. The maximum Gasteiger partial charge on any atom is 0.0590 e. The first-order chi connectivity index (χ1) is 9.39. The van der Waals surface area contributed by atoms with Gasteiger partial charge in [-0.2, -0.15) is 0 Å². The molecule has 1 saturated heterocycles. The lowest BCUT2D eigenvalue weighted by Gasteiger charge is -2.29. The Bertz CT molecular complexity index is 490. The van der Waals surface area contributed by atoms with E-state index in [0.29, 0.717) is 0 Å². The van der Waals surface area contributed by atoms with Crippen LogP contribution in [0.25, 0.3) is 0 Å². The summed E-state index contributed by atoms with van der Waals surface area (Å²) in [7, 11) is 0. The Hall–Kier alpha value is -0.860. The molecule has 17 heavy (non-hydrogen) atoms. The highest BCUT2D eigenvalue weighted by atomic mass is 16.3. The molecule has 1 saturated carbocycles. The second-order valence-corrected chi connectivity index (χ2v) is 5.58. The summed E-state index contributed by atoms with van der Waals surface area (Å²) in [5, 5.41) is 9.68. The number of rotatable bonds is 3. The van der Waals surface area contributed by atoms with Crippen LogP contribution in [0, 0.1) is 17.3 Å². The Morgan fingerprint density at radius 1 is 1.47 bits per heavy atom. The van der Waals surface area contributed by atoms with E-state index < -0.39 is 12.3 Å². The Balaban J connectivity index is 1.74. The van der Waals surface area contributed by atoms with Crippen LogP contribution in [0.4, 0.5) is 0 Å². The molecule has 1 aliphatic heterocycles. The van der Waals surface area contributed by atoms with Crippen molar-refractivity contribution in [2.24, 2.45) is 17.3 Å². The molecule has 4 atom stereocenters. The highest BCUT2D eigenvalue weighted by molar-refractivity contribution is 5.19. The van der Waals surface area contributed by atoms with Gasteiger partial charge in [-0.25, -0.2) is 0 Å². The number of aliphatic hydroxyl groups is 1. The molecule has 1 aromatic rings. The highest BCUT2D eigenvalue weighted by Gasteiger charge is 2.66. The van der Waals surface area contributed by atoms with Gasteiger partial charge in [0.05, 0.1) is 6.61 Å². The van der Waals surface area contributed by atoms with Gasteiger partial charge >= 0.3 is 0 Å². The lowest BCUT2D eigenvalue weighted by molar-refractivity contribution is 0.110. The molecule has 0 spiro atoms. The minimum atomic E-state index is -1.92. The number of benzene rings is 1. The monoisotopic (exact) mass is 234 g/mol. The summed E-state index contributed by atoms with van der Waals surface area (Å²) in [6.45, 7) is 1.54. The minimum Gasteiger partial charge on any atom is -0.395 e. The topological polar surface area (TPSA) is 23.5 Å². The van der Waals surface area contributed by atoms with Crippen LogP contribution in [-0.2, 0) is 6.54 Å². The molecule has 1 unspecified atom stereocenters. The first kappa shape index (κ1) is 8.28. The molecule has 1 N–H and O–H groups in total. The number of hydrogen-bond acceptors (Lipinski definition) is 2. The van der Waals surface area contributed by atoms with Crippen molar-refractivity contribution in [3.05, 3.63) is 35.9 Å². The SMILES string of the molecule is [2H]C([2H])([2H])C1(C)[C@@H]2[C@@H](CO)N(Cc3ccccc3)C[C@@H]21. The smallest absolute Gasteiger partial charge is 0.0590 e. The van der Waals surface area contributed by atoms with Crippen LogP contribution in [0.2, 0.25) is 0 Å². The van der Waals surface area contributed by atoms with Gasteiger partial charge in [0.15, 0.2) is 0 Å². The van der Waals surface area contributed by atoms with Crippen LogP contribution in [0.5, 0.6) is 0 Å². The average molecular weight is 234 g/mol. The predicted octanol–water partition coefficient (Wildman–Crippen LogP) is 2.14. The molecule has 2 fully saturated rings. The number of aliphatic hydroxyl groups excluding tert-OH is 1. The van der Waals surface area contributed by atoms with E-state index in [-0.39, 0.29) is 24.5 Å². The third-order valence-electron chi connectivity index (χ3n) is 4.52. The fraction of sp³-hybridized carbons (Fsp3) is 0.600. The van der Waals surface area contributed by atoms with Crippen LogP contribution in [0.1, 0.15) is 23.5 Å². The third-order valence-corrected chi connectivity index (χ3v) is 4.52. The van der Waals surface area contributed by atoms with Gasteiger partial charge in [0.1, 0.15) is 0 Å². The standard InChI is InChI=1S/C15H21NO/c1-15(2)12-9-16(13(10-17)14(12)15)8-11-6-4-3-5-7-11/h3-7,12-14,17H,8-10H2,1-2H3/t12-,13+,14-/m0/s1/i1D3/t12-,13+,14-,15?. The summed E-state index contributed by atoms with van der Waals surface area (Å²) in [6, 6.07) is 10.1. The molecular formula is C15H21NO. The van der Waals surface area contributed by atoms with Gasteiger partial charge in [-0.05, 0) is 22.8 Å². The van der Waals surface area contributed by atoms with E-state index in [0.717, 1.165) is 13.1 Å². The zero-order chi connectivity index (χ0) is 14.5. The third kappa shape index (κ3) is 1.71. The molecule has 2 heteroatoms. The predicted molar refractivity (Wildman–Crippen MR) is 68.5 cm³/mol. The zero-order valence-corrected chi connectivity index (χ0v) is 10.1. The average Bonchev–Trinajstić information content (AvgIpc) is 2.82. The van der Waals surface area contributed by atoms with Gasteiger partial charge < -0.3 is 5.11 Å². The van der Waals surface area contributed by atoms with Crippen LogP contribution >= 0.6 is 0 Å². The summed E-state index contributed by atoms with van der Waals surface area (Å²) in [5.41, 5.74) is 0.607. The van der Waals surface area contributed by atoms with Gasteiger partial charge in [-0.15, -0.1) is 0 Å². The molecule has 0 amide bonds. The number of hydrogen-bond donors (Lipinski definition) is 1. The second-order valence-electron chi connectivity index (χ2n) is 5.58. The van der Waals surface area contributed by atoms with E-state index >= 15 is 0 Å². The molecular weight excluding hydrogens is 210 g/mol. The van der Waals surface area contributed by atoms with Crippen molar-refractivity contribution in [1.82, 2.24) is 4.90 Å². The van der Waals surface area contributed by atoms with Crippen molar-refractivity contribution in [3.8, 4) is 0 Å². The maximum absolute atomic E-state index is 9.68. The molecule has 1 aromatic carbocycles. The van der Waals surface area contributed by atoms with Crippen LogP contribution in [-0.4, -0.2) is 29.2 Å². The van der Waals surface area contributed by atoms with Crippen molar-refractivity contribution in [1.29, 1.82) is 0 Å². The van der Waals surface area contributed by atoms with Gasteiger partial charge in [0, 0.05) is 23.2 Å². The number of piperidine rings is 1. The van der Waals surface area contributed by atoms with Gasteiger partial charge in [0.25, 0.3) is 0 Å². The molecule has 0 aromatic heterocycles. The van der Waals surface area contributed by atoms with E-state index in [1.165, 1.54) is 5.56 Å². The lowest BCUT2D eigenvalue weighted by atomic mass is 10.0. The van der Waals surface area contributed by atoms with E-state index in [1.54, 1.807) is 0 Å². The van der Waals surface area contributed by atoms with E-state index in [9.17, 15) is 5.11 Å². The summed E-state index contributed by atoms with van der Waals surface area (Å²) < 4.78 is 23.2. The molecule has 2 aliphatic rings. The first-order valence-electron chi connectivity index (χ1n) is 7.78. The van der Waals surface area contributed by atoms with Gasteiger partial charge in [0.2, 0.25) is 0 Å². The van der Waals surface area contributed by atoms with Gasteiger partial charge in [-0.3, -0.25) is 4.90 Å². The number of likely N-dealkylation sites (tertiary alicyclic amines) is 1. The zero-order valence-electron chi connectivity index (χ0n) is 13.1.